The van der Waals surface area contributed by atoms with Gasteiger partial charge in [0.1, 0.15) is 5.76 Å². The van der Waals surface area contributed by atoms with E-state index in [0.29, 0.717) is 11.9 Å². The maximum absolute atomic E-state index is 12.0. The number of aryl methyl sites for hydroxylation is 1. The molecule has 4 heterocycles. The van der Waals surface area contributed by atoms with Crippen LogP contribution in [0.25, 0.3) is 0 Å². The maximum atomic E-state index is 12.0. The van der Waals surface area contributed by atoms with Crippen LogP contribution in [0, 0.1) is 6.92 Å². The monoisotopic (exact) mass is 319 g/mol. The first-order valence-corrected chi connectivity index (χ1v) is 8.72. The van der Waals surface area contributed by atoms with Crippen LogP contribution in [-0.4, -0.2) is 58.7 Å². The fourth-order valence-corrected chi connectivity index (χ4v) is 4.39. The standard InChI is InChI=1S/C17H25N3O3/c1-13-9-14(18-23-13)11-19-7-5-17(12-19)10-15(4-8-22-17)20-6-2-3-16(20)21/h9,15H,2-8,10-12H2,1H3/t15-,17+/m0/s1. The third-order valence-electron chi connectivity index (χ3n) is 5.48. The van der Waals surface area contributed by atoms with Crippen molar-refractivity contribution in [3.8, 4) is 0 Å². The number of rotatable bonds is 3. The molecule has 0 aliphatic carbocycles. The van der Waals surface area contributed by atoms with Crippen molar-refractivity contribution in [3.05, 3.63) is 17.5 Å². The topological polar surface area (TPSA) is 58.8 Å². The molecule has 4 rings (SSSR count). The van der Waals surface area contributed by atoms with Gasteiger partial charge in [-0.3, -0.25) is 9.69 Å². The third-order valence-corrected chi connectivity index (χ3v) is 5.48. The molecule has 0 unspecified atom stereocenters. The van der Waals surface area contributed by atoms with Gasteiger partial charge in [-0.05, 0) is 32.6 Å². The zero-order chi connectivity index (χ0) is 15.9. The third kappa shape index (κ3) is 3.02. The maximum Gasteiger partial charge on any atom is 0.222 e. The molecular formula is C17H25N3O3. The van der Waals surface area contributed by atoms with Crippen molar-refractivity contribution in [3.63, 3.8) is 0 Å². The van der Waals surface area contributed by atoms with Crippen molar-refractivity contribution in [1.82, 2.24) is 15.0 Å². The Morgan fingerprint density at radius 2 is 2.35 bits per heavy atom. The average molecular weight is 319 g/mol. The van der Waals surface area contributed by atoms with Gasteiger partial charge in [0.2, 0.25) is 5.91 Å². The van der Waals surface area contributed by atoms with Crippen LogP contribution in [0.2, 0.25) is 0 Å². The number of hydrogen-bond acceptors (Lipinski definition) is 5. The van der Waals surface area contributed by atoms with Crippen LogP contribution in [0.15, 0.2) is 10.6 Å². The summed E-state index contributed by atoms with van der Waals surface area (Å²) >= 11 is 0. The Kier molecular flexibility index (Phi) is 3.89. The van der Waals surface area contributed by atoms with E-state index in [4.69, 9.17) is 9.26 Å². The number of ether oxygens (including phenoxy) is 1. The van der Waals surface area contributed by atoms with Crippen LogP contribution >= 0.6 is 0 Å². The molecule has 23 heavy (non-hydrogen) atoms. The number of carbonyl (C=O) groups excluding carboxylic acids is 1. The molecule has 126 valence electrons. The van der Waals surface area contributed by atoms with Crippen molar-refractivity contribution in [2.75, 3.05) is 26.2 Å². The highest BCUT2D eigenvalue weighted by Gasteiger charge is 2.45. The molecule has 3 aliphatic rings. The average Bonchev–Trinajstić information content (AvgIpc) is 3.22. The Hall–Kier alpha value is -1.40. The van der Waals surface area contributed by atoms with Crippen molar-refractivity contribution >= 4 is 5.91 Å². The van der Waals surface area contributed by atoms with Crippen molar-refractivity contribution < 1.29 is 14.1 Å². The number of carbonyl (C=O) groups is 1. The van der Waals surface area contributed by atoms with Gasteiger partial charge >= 0.3 is 0 Å². The molecule has 1 amide bonds. The second-order valence-electron chi connectivity index (χ2n) is 7.26. The highest BCUT2D eigenvalue weighted by molar-refractivity contribution is 5.78. The van der Waals surface area contributed by atoms with Gasteiger partial charge in [-0.15, -0.1) is 0 Å². The zero-order valence-corrected chi connectivity index (χ0v) is 13.8. The van der Waals surface area contributed by atoms with Gasteiger partial charge in [0.05, 0.1) is 11.3 Å². The van der Waals surface area contributed by atoms with E-state index in [-0.39, 0.29) is 5.60 Å². The molecule has 6 nitrogen and oxygen atoms in total. The lowest BCUT2D eigenvalue weighted by atomic mass is 9.89. The molecule has 1 aromatic heterocycles. The molecule has 1 spiro atoms. The Bertz CT molecular complexity index is 587. The zero-order valence-electron chi connectivity index (χ0n) is 13.8. The van der Waals surface area contributed by atoms with E-state index in [1.54, 1.807) is 0 Å². The molecule has 6 heteroatoms. The molecule has 3 saturated heterocycles. The number of nitrogens with zero attached hydrogens (tertiary/aromatic N) is 3. The lowest BCUT2D eigenvalue weighted by Gasteiger charge is -2.41. The summed E-state index contributed by atoms with van der Waals surface area (Å²) < 4.78 is 11.4. The Morgan fingerprint density at radius 3 is 3.09 bits per heavy atom. The number of aromatic nitrogens is 1. The summed E-state index contributed by atoms with van der Waals surface area (Å²) in [6.07, 6.45) is 4.74. The fourth-order valence-electron chi connectivity index (χ4n) is 4.39. The molecule has 0 N–H and O–H groups in total. The minimum absolute atomic E-state index is 0.0788. The normalized spacial score (nSPS) is 32.3. The van der Waals surface area contributed by atoms with Gasteiger partial charge in [0, 0.05) is 51.3 Å². The van der Waals surface area contributed by atoms with E-state index >= 15 is 0 Å². The first-order valence-electron chi connectivity index (χ1n) is 8.72. The molecule has 3 aliphatic heterocycles. The summed E-state index contributed by atoms with van der Waals surface area (Å²) in [6.45, 7) is 6.39. The molecule has 0 radical (unpaired) electrons. The molecule has 0 saturated carbocycles. The van der Waals surface area contributed by atoms with Crippen molar-refractivity contribution in [2.45, 2.75) is 57.2 Å². The van der Waals surface area contributed by atoms with Crippen LogP contribution < -0.4 is 0 Å². The van der Waals surface area contributed by atoms with Gasteiger partial charge in [0.15, 0.2) is 0 Å². The minimum Gasteiger partial charge on any atom is -0.373 e. The second kappa shape index (κ2) is 5.91. The molecular weight excluding hydrogens is 294 g/mol. The van der Waals surface area contributed by atoms with Gasteiger partial charge in [-0.1, -0.05) is 5.16 Å². The Balaban J connectivity index is 1.39. The van der Waals surface area contributed by atoms with E-state index in [1.807, 2.05) is 13.0 Å². The van der Waals surface area contributed by atoms with Gasteiger partial charge in [-0.2, -0.15) is 0 Å². The van der Waals surface area contributed by atoms with Crippen LogP contribution in [0.5, 0.6) is 0 Å². The predicted molar refractivity (Wildman–Crippen MR) is 83.8 cm³/mol. The lowest BCUT2D eigenvalue weighted by Crippen LogP contribution is -2.50. The SMILES string of the molecule is Cc1cc(CN2CC[C@@]3(C[C@@H](N4CCCC4=O)CCO3)C2)no1. The summed E-state index contributed by atoms with van der Waals surface area (Å²) in [6, 6.07) is 2.37. The minimum atomic E-state index is -0.0788. The number of amides is 1. The largest absolute Gasteiger partial charge is 0.373 e. The van der Waals surface area contributed by atoms with Gasteiger partial charge < -0.3 is 14.2 Å². The van der Waals surface area contributed by atoms with Crippen LogP contribution in [0.1, 0.15) is 43.6 Å². The highest BCUT2D eigenvalue weighted by atomic mass is 16.5. The van der Waals surface area contributed by atoms with Crippen LogP contribution in [0.4, 0.5) is 0 Å². The molecule has 2 atom stereocenters. The molecule has 0 aromatic carbocycles. The van der Waals surface area contributed by atoms with Crippen LogP contribution in [0.3, 0.4) is 0 Å². The summed E-state index contributed by atoms with van der Waals surface area (Å²) in [7, 11) is 0. The molecule has 0 bridgehead atoms. The highest BCUT2D eigenvalue weighted by Crippen LogP contribution is 2.37. The summed E-state index contributed by atoms with van der Waals surface area (Å²) in [4.78, 5) is 16.5. The molecule has 1 aromatic rings. The predicted octanol–water partition coefficient (Wildman–Crippen LogP) is 1.73. The summed E-state index contributed by atoms with van der Waals surface area (Å²) in [5, 5.41) is 4.09. The van der Waals surface area contributed by atoms with Crippen LogP contribution in [-0.2, 0) is 16.1 Å². The van der Waals surface area contributed by atoms with Gasteiger partial charge in [-0.25, -0.2) is 0 Å². The number of hydrogen-bond donors (Lipinski definition) is 0. The second-order valence-corrected chi connectivity index (χ2v) is 7.26. The fraction of sp³-hybridized carbons (Fsp3) is 0.765. The summed E-state index contributed by atoms with van der Waals surface area (Å²) in [5.41, 5.74) is 0.909. The van der Waals surface area contributed by atoms with Gasteiger partial charge in [0.25, 0.3) is 0 Å². The molecule has 3 fully saturated rings. The van der Waals surface area contributed by atoms with Crippen molar-refractivity contribution in [1.29, 1.82) is 0 Å². The van der Waals surface area contributed by atoms with Crippen molar-refractivity contribution in [2.24, 2.45) is 0 Å². The smallest absolute Gasteiger partial charge is 0.222 e. The Morgan fingerprint density at radius 1 is 1.43 bits per heavy atom. The first-order chi connectivity index (χ1) is 11.1. The lowest BCUT2D eigenvalue weighted by molar-refractivity contribution is -0.137. The summed E-state index contributed by atoms with van der Waals surface area (Å²) in [5.74, 6) is 1.19. The Labute approximate surface area is 136 Å². The van der Waals surface area contributed by atoms with E-state index in [0.717, 1.165) is 76.3 Å². The van der Waals surface area contributed by atoms with E-state index < -0.39 is 0 Å². The first kappa shape index (κ1) is 15.1. The van der Waals surface area contributed by atoms with E-state index in [1.165, 1.54) is 0 Å². The quantitative estimate of drug-likeness (QED) is 0.849. The number of likely N-dealkylation sites (tertiary alicyclic amines) is 2. The van der Waals surface area contributed by atoms with E-state index in [2.05, 4.69) is 15.0 Å². The van der Waals surface area contributed by atoms with E-state index in [9.17, 15) is 4.79 Å².